The maximum absolute atomic E-state index is 12.3. The summed E-state index contributed by atoms with van der Waals surface area (Å²) in [6.45, 7) is 6.29. The quantitative estimate of drug-likeness (QED) is 0.801. The van der Waals surface area contributed by atoms with E-state index in [1.807, 2.05) is 63.2 Å². The molecule has 122 valence electrons. The van der Waals surface area contributed by atoms with Gasteiger partial charge >= 0.3 is 0 Å². The van der Waals surface area contributed by atoms with Gasteiger partial charge in [0.2, 0.25) is 0 Å². The minimum Gasteiger partial charge on any atom is -0.345 e. The number of carbonyl (C=O) groups is 1. The molecule has 0 aliphatic heterocycles. The van der Waals surface area contributed by atoms with E-state index in [1.165, 1.54) is 0 Å². The average Bonchev–Trinajstić information content (AvgIpc) is 3.04. The zero-order chi connectivity index (χ0) is 17.1. The molecule has 0 atom stereocenters. The summed E-state index contributed by atoms with van der Waals surface area (Å²) in [6, 6.07) is 13.5. The number of hydrogen-bond donors (Lipinski definition) is 1. The molecule has 3 aromatic rings. The van der Waals surface area contributed by atoms with E-state index in [-0.39, 0.29) is 12.5 Å². The fourth-order valence-electron chi connectivity index (χ4n) is 2.35. The number of aryl methyl sites for hydroxylation is 3. The molecule has 0 fully saturated rings. The van der Waals surface area contributed by atoms with Crippen molar-refractivity contribution in [3.05, 3.63) is 70.5 Å². The number of rotatable bonds is 4. The van der Waals surface area contributed by atoms with Crippen LogP contribution in [0, 0.1) is 20.8 Å². The molecule has 1 aromatic heterocycles. The fourth-order valence-corrected chi connectivity index (χ4v) is 2.35. The van der Waals surface area contributed by atoms with Gasteiger partial charge in [0, 0.05) is 5.56 Å². The second kappa shape index (κ2) is 6.62. The van der Waals surface area contributed by atoms with E-state index < -0.39 is 0 Å². The first-order chi connectivity index (χ1) is 11.5. The van der Waals surface area contributed by atoms with Gasteiger partial charge < -0.3 is 5.32 Å². The summed E-state index contributed by atoms with van der Waals surface area (Å²) in [4.78, 5) is 12.3. The lowest BCUT2D eigenvalue weighted by atomic mass is 10.1. The number of aromatic nitrogens is 4. The smallest absolute Gasteiger partial charge is 0.251 e. The van der Waals surface area contributed by atoms with Crippen molar-refractivity contribution < 1.29 is 4.79 Å². The minimum absolute atomic E-state index is 0.142. The largest absolute Gasteiger partial charge is 0.345 e. The summed E-state index contributed by atoms with van der Waals surface area (Å²) in [6.07, 6.45) is 0. The molecule has 0 aliphatic rings. The minimum atomic E-state index is -0.142. The number of nitrogens with zero attached hydrogens (tertiary/aromatic N) is 4. The number of hydrogen-bond acceptors (Lipinski definition) is 4. The molecule has 0 bridgehead atoms. The average molecular weight is 321 g/mol. The molecule has 1 heterocycles. The van der Waals surface area contributed by atoms with Crippen LogP contribution in [-0.2, 0) is 6.54 Å². The van der Waals surface area contributed by atoms with E-state index in [4.69, 9.17) is 0 Å². The summed E-state index contributed by atoms with van der Waals surface area (Å²) in [5, 5.41) is 14.6. The van der Waals surface area contributed by atoms with Gasteiger partial charge in [-0.1, -0.05) is 23.8 Å². The summed E-state index contributed by atoms with van der Waals surface area (Å²) < 4.78 is 1.63. The van der Waals surface area contributed by atoms with Gasteiger partial charge in [0.05, 0.1) is 12.2 Å². The number of benzene rings is 2. The Kier molecular flexibility index (Phi) is 4.37. The van der Waals surface area contributed by atoms with Gasteiger partial charge in [0.25, 0.3) is 5.91 Å². The van der Waals surface area contributed by atoms with Gasteiger partial charge in [0.15, 0.2) is 5.82 Å². The maximum Gasteiger partial charge on any atom is 0.251 e. The molecule has 0 spiro atoms. The van der Waals surface area contributed by atoms with Crippen molar-refractivity contribution in [1.29, 1.82) is 0 Å². The fraction of sp³-hybridized carbons (Fsp3) is 0.222. The van der Waals surface area contributed by atoms with Crippen molar-refractivity contribution in [3.63, 3.8) is 0 Å². The molecule has 2 aromatic carbocycles. The van der Waals surface area contributed by atoms with Gasteiger partial charge in [-0.25, -0.2) is 0 Å². The molecule has 3 rings (SSSR count). The molecule has 24 heavy (non-hydrogen) atoms. The third-order valence-corrected chi connectivity index (χ3v) is 3.99. The van der Waals surface area contributed by atoms with Crippen molar-refractivity contribution in [1.82, 2.24) is 25.5 Å². The summed E-state index contributed by atoms with van der Waals surface area (Å²) in [7, 11) is 0. The summed E-state index contributed by atoms with van der Waals surface area (Å²) in [5.41, 5.74) is 4.91. The van der Waals surface area contributed by atoms with E-state index in [0.717, 1.165) is 22.4 Å². The second-order valence-electron chi connectivity index (χ2n) is 5.82. The van der Waals surface area contributed by atoms with Crippen LogP contribution in [0.4, 0.5) is 0 Å². The first-order valence-electron chi connectivity index (χ1n) is 7.74. The van der Waals surface area contributed by atoms with Crippen LogP contribution < -0.4 is 5.32 Å². The van der Waals surface area contributed by atoms with Crippen LogP contribution in [-0.4, -0.2) is 26.1 Å². The van der Waals surface area contributed by atoms with Crippen molar-refractivity contribution >= 4 is 5.91 Å². The zero-order valence-corrected chi connectivity index (χ0v) is 13.9. The molecule has 0 saturated carbocycles. The first-order valence-corrected chi connectivity index (χ1v) is 7.74. The van der Waals surface area contributed by atoms with Crippen molar-refractivity contribution in [2.45, 2.75) is 27.3 Å². The highest BCUT2D eigenvalue weighted by Gasteiger charge is 2.11. The number of amides is 1. The van der Waals surface area contributed by atoms with Crippen LogP contribution in [0.2, 0.25) is 0 Å². The van der Waals surface area contributed by atoms with Crippen LogP contribution in [0.5, 0.6) is 0 Å². The third-order valence-electron chi connectivity index (χ3n) is 3.99. The SMILES string of the molecule is Cc1ccc(-n2nnnc2CNC(=O)c2ccc(C)c(C)c2)cc1. The molecule has 6 nitrogen and oxygen atoms in total. The first kappa shape index (κ1) is 15.9. The van der Waals surface area contributed by atoms with Crippen LogP contribution in [0.25, 0.3) is 5.69 Å². The van der Waals surface area contributed by atoms with Crippen molar-refractivity contribution in [3.8, 4) is 5.69 Å². The molecule has 6 heteroatoms. The van der Waals surface area contributed by atoms with E-state index in [9.17, 15) is 4.79 Å². The highest BCUT2D eigenvalue weighted by atomic mass is 16.1. The second-order valence-corrected chi connectivity index (χ2v) is 5.82. The monoisotopic (exact) mass is 321 g/mol. The van der Waals surface area contributed by atoms with E-state index in [2.05, 4.69) is 20.8 Å². The Morgan fingerprint density at radius 2 is 1.79 bits per heavy atom. The predicted molar refractivity (Wildman–Crippen MR) is 91.0 cm³/mol. The number of tetrazole rings is 1. The topological polar surface area (TPSA) is 72.7 Å². The summed E-state index contributed by atoms with van der Waals surface area (Å²) in [5.74, 6) is 0.438. The normalized spacial score (nSPS) is 10.6. The maximum atomic E-state index is 12.3. The van der Waals surface area contributed by atoms with Crippen molar-refractivity contribution in [2.75, 3.05) is 0 Å². The molecule has 1 amide bonds. The zero-order valence-electron chi connectivity index (χ0n) is 13.9. The van der Waals surface area contributed by atoms with Gasteiger partial charge in [0.1, 0.15) is 0 Å². The van der Waals surface area contributed by atoms with E-state index in [0.29, 0.717) is 11.4 Å². The van der Waals surface area contributed by atoms with Crippen LogP contribution in [0.1, 0.15) is 32.9 Å². The van der Waals surface area contributed by atoms with Gasteiger partial charge in [-0.3, -0.25) is 4.79 Å². The Morgan fingerprint density at radius 1 is 1.04 bits per heavy atom. The van der Waals surface area contributed by atoms with Gasteiger partial charge in [-0.15, -0.1) is 5.10 Å². The Balaban J connectivity index is 1.73. The lowest BCUT2D eigenvalue weighted by molar-refractivity contribution is 0.0949. The van der Waals surface area contributed by atoms with Crippen LogP contribution >= 0.6 is 0 Å². The Hall–Kier alpha value is -3.02. The highest BCUT2D eigenvalue weighted by molar-refractivity contribution is 5.94. The lowest BCUT2D eigenvalue weighted by Crippen LogP contribution is -2.24. The predicted octanol–water partition coefficient (Wildman–Crippen LogP) is 2.52. The summed E-state index contributed by atoms with van der Waals surface area (Å²) >= 11 is 0. The van der Waals surface area contributed by atoms with Crippen LogP contribution in [0.3, 0.4) is 0 Å². The Bertz CT molecular complexity index is 867. The van der Waals surface area contributed by atoms with Crippen LogP contribution in [0.15, 0.2) is 42.5 Å². The van der Waals surface area contributed by atoms with Gasteiger partial charge in [-0.05, 0) is 66.6 Å². The molecule has 0 radical (unpaired) electrons. The standard InChI is InChI=1S/C18H19N5O/c1-12-4-8-16(9-5-12)23-17(20-21-22-23)11-19-18(24)15-7-6-13(2)14(3)10-15/h4-10H,11H2,1-3H3,(H,19,24). The Morgan fingerprint density at radius 3 is 2.50 bits per heavy atom. The lowest BCUT2D eigenvalue weighted by Gasteiger charge is -2.08. The number of nitrogens with one attached hydrogen (secondary N) is 1. The third kappa shape index (κ3) is 3.32. The highest BCUT2D eigenvalue weighted by Crippen LogP contribution is 2.11. The van der Waals surface area contributed by atoms with E-state index in [1.54, 1.807) is 4.68 Å². The molecule has 0 aliphatic carbocycles. The number of carbonyl (C=O) groups excluding carboxylic acids is 1. The van der Waals surface area contributed by atoms with E-state index >= 15 is 0 Å². The van der Waals surface area contributed by atoms with Crippen molar-refractivity contribution in [2.24, 2.45) is 0 Å². The molecular formula is C18H19N5O. The van der Waals surface area contributed by atoms with Gasteiger partial charge in [-0.2, -0.15) is 4.68 Å². The molecule has 0 saturated heterocycles. The Labute approximate surface area is 140 Å². The molecular weight excluding hydrogens is 302 g/mol. The molecule has 1 N–H and O–H groups in total. The molecule has 0 unspecified atom stereocenters.